The summed E-state index contributed by atoms with van der Waals surface area (Å²) in [5.41, 5.74) is 1.87. The molecule has 25 heavy (non-hydrogen) atoms. The molecule has 2 aromatic carbocycles. The first-order valence-electron chi connectivity index (χ1n) is 7.92. The average Bonchev–Trinajstić information content (AvgIpc) is 2.59. The van der Waals surface area contributed by atoms with Gasteiger partial charge in [-0.3, -0.25) is 9.10 Å². The minimum absolute atomic E-state index is 0.150. The molecule has 0 unspecified atom stereocenters. The minimum Gasteiger partial charge on any atom is -0.480 e. The largest absolute Gasteiger partial charge is 0.480 e. The van der Waals surface area contributed by atoms with E-state index in [1.807, 2.05) is 19.9 Å². The van der Waals surface area contributed by atoms with E-state index < -0.39 is 28.4 Å². The quantitative estimate of drug-likeness (QED) is 0.817. The lowest BCUT2D eigenvalue weighted by atomic mass is 10.0. The first kappa shape index (κ1) is 18.9. The lowest BCUT2D eigenvalue weighted by molar-refractivity contribution is -0.135. The van der Waals surface area contributed by atoms with E-state index >= 15 is 0 Å². The van der Waals surface area contributed by atoms with E-state index in [2.05, 4.69) is 0 Å². The molecule has 0 aromatic heterocycles. The Morgan fingerprint density at radius 3 is 2.00 bits per heavy atom. The molecule has 0 saturated carbocycles. The number of nitrogens with zero attached hydrogens (tertiary/aromatic N) is 1. The van der Waals surface area contributed by atoms with E-state index in [-0.39, 0.29) is 4.90 Å². The Morgan fingerprint density at radius 2 is 1.56 bits per heavy atom. The van der Waals surface area contributed by atoms with Gasteiger partial charge in [-0.2, -0.15) is 0 Å². The zero-order valence-electron chi connectivity index (χ0n) is 14.1. The molecule has 0 spiro atoms. The third-order valence-electron chi connectivity index (χ3n) is 3.89. The van der Waals surface area contributed by atoms with Crippen molar-refractivity contribution in [3.8, 4) is 0 Å². The van der Waals surface area contributed by atoms with Gasteiger partial charge >= 0.3 is 5.97 Å². The standard InChI is InChI=1S/C18H20FNO4S/c1-3-13-6-5-7-14(4-2)18(13)20(12-17(21)22)25(23,24)16-10-8-15(19)9-11-16/h5-11H,3-4,12H2,1-2H3,(H,21,22). The van der Waals surface area contributed by atoms with Gasteiger partial charge in [-0.25, -0.2) is 12.8 Å². The van der Waals surface area contributed by atoms with Crippen LogP contribution in [0.4, 0.5) is 10.1 Å². The van der Waals surface area contributed by atoms with Crippen LogP contribution in [0.15, 0.2) is 47.4 Å². The molecule has 134 valence electrons. The number of aryl methyl sites for hydroxylation is 2. The van der Waals surface area contributed by atoms with Crippen LogP contribution in [0.2, 0.25) is 0 Å². The Balaban J connectivity index is 2.69. The maximum Gasteiger partial charge on any atom is 0.324 e. The van der Waals surface area contributed by atoms with Crippen LogP contribution in [0.25, 0.3) is 0 Å². The van der Waals surface area contributed by atoms with Crippen molar-refractivity contribution in [3.63, 3.8) is 0 Å². The monoisotopic (exact) mass is 365 g/mol. The Kier molecular flexibility index (Phi) is 5.79. The summed E-state index contributed by atoms with van der Waals surface area (Å²) in [6.45, 7) is 3.05. The summed E-state index contributed by atoms with van der Waals surface area (Å²) in [7, 11) is -4.15. The van der Waals surface area contributed by atoms with Gasteiger partial charge in [0.1, 0.15) is 12.4 Å². The molecule has 0 aliphatic carbocycles. The SMILES string of the molecule is CCc1cccc(CC)c1N(CC(=O)O)S(=O)(=O)c1ccc(F)cc1. The van der Waals surface area contributed by atoms with Gasteiger partial charge in [0.05, 0.1) is 10.6 Å². The third kappa shape index (κ3) is 3.99. The summed E-state index contributed by atoms with van der Waals surface area (Å²) in [5, 5.41) is 9.26. The lowest BCUT2D eigenvalue weighted by Crippen LogP contribution is -2.37. The molecular formula is C18H20FNO4S. The fourth-order valence-corrected chi connectivity index (χ4v) is 4.17. The molecule has 0 atom stereocenters. The number of aliphatic carboxylic acids is 1. The van der Waals surface area contributed by atoms with Crippen LogP contribution in [0.5, 0.6) is 0 Å². The number of carbonyl (C=O) groups is 1. The summed E-state index contributed by atoms with van der Waals surface area (Å²) in [6, 6.07) is 9.74. The fraction of sp³-hybridized carbons (Fsp3) is 0.278. The molecule has 0 radical (unpaired) electrons. The molecule has 0 fully saturated rings. The van der Waals surface area contributed by atoms with Crippen LogP contribution < -0.4 is 4.31 Å². The van der Waals surface area contributed by atoms with Crippen LogP contribution in [-0.2, 0) is 27.7 Å². The second kappa shape index (κ2) is 7.65. The Hall–Kier alpha value is -2.41. The summed E-state index contributed by atoms with van der Waals surface area (Å²) in [6.07, 6.45) is 1.11. The summed E-state index contributed by atoms with van der Waals surface area (Å²) < 4.78 is 40.2. The molecule has 2 aromatic rings. The van der Waals surface area contributed by atoms with Crippen molar-refractivity contribution in [2.24, 2.45) is 0 Å². The number of sulfonamides is 1. The number of rotatable bonds is 7. The van der Waals surface area contributed by atoms with Crippen molar-refractivity contribution in [3.05, 3.63) is 59.4 Å². The van der Waals surface area contributed by atoms with E-state index in [0.29, 0.717) is 18.5 Å². The molecule has 5 nitrogen and oxygen atoms in total. The molecule has 1 N–H and O–H groups in total. The fourth-order valence-electron chi connectivity index (χ4n) is 2.68. The topological polar surface area (TPSA) is 74.7 Å². The maximum atomic E-state index is 13.1. The van der Waals surface area contributed by atoms with Crippen LogP contribution in [-0.4, -0.2) is 26.0 Å². The average molecular weight is 365 g/mol. The Bertz CT molecular complexity index is 841. The Morgan fingerprint density at radius 1 is 1.04 bits per heavy atom. The highest BCUT2D eigenvalue weighted by Crippen LogP contribution is 2.31. The van der Waals surface area contributed by atoms with Gasteiger partial charge in [-0.15, -0.1) is 0 Å². The number of hydrogen-bond donors (Lipinski definition) is 1. The van der Waals surface area contributed by atoms with Crippen molar-refractivity contribution >= 4 is 21.7 Å². The van der Waals surface area contributed by atoms with Crippen LogP contribution >= 0.6 is 0 Å². The van der Waals surface area contributed by atoms with E-state index in [4.69, 9.17) is 0 Å². The van der Waals surface area contributed by atoms with Gasteiger partial charge in [0.15, 0.2) is 0 Å². The van der Waals surface area contributed by atoms with E-state index in [1.165, 1.54) is 0 Å². The minimum atomic E-state index is -4.15. The van der Waals surface area contributed by atoms with E-state index in [1.54, 1.807) is 12.1 Å². The zero-order valence-corrected chi connectivity index (χ0v) is 14.9. The number of carboxylic acid groups (broad SMARTS) is 1. The molecule has 0 aliphatic rings. The lowest BCUT2D eigenvalue weighted by Gasteiger charge is -2.27. The van der Waals surface area contributed by atoms with Gasteiger partial charge < -0.3 is 5.11 Å². The molecule has 0 bridgehead atoms. The molecule has 0 aliphatic heterocycles. The summed E-state index contributed by atoms with van der Waals surface area (Å²) in [4.78, 5) is 11.2. The molecule has 2 rings (SSSR count). The highest BCUT2D eigenvalue weighted by molar-refractivity contribution is 7.92. The van der Waals surface area contributed by atoms with Crippen LogP contribution in [0.1, 0.15) is 25.0 Å². The highest BCUT2D eigenvalue weighted by Gasteiger charge is 2.30. The molecular weight excluding hydrogens is 345 g/mol. The predicted molar refractivity (Wildman–Crippen MR) is 93.8 cm³/mol. The zero-order chi connectivity index (χ0) is 18.6. The summed E-state index contributed by atoms with van der Waals surface area (Å²) in [5.74, 6) is -1.83. The van der Waals surface area contributed by atoms with Gasteiger partial charge in [0.25, 0.3) is 10.0 Å². The van der Waals surface area contributed by atoms with E-state index in [9.17, 15) is 22.7 Å². The molecule has 7 heteroatoms. The molecule has 0 amide bonds. The number of carboxylic acids is 1. The van der Waals surface area contributed by atoms with Crippen LogP contribution in [0.3, 0.4) is 0 Å². The first-order valence-corrected chi connectivity index (χ1v) is 9.36. The normalized spacial score (nSPS) is 11.3. The third-order valence-corrected chi connectivity index (χ3v) is 5.65. The molecule has 0 saturated heterocycles. The number of para-hydroxylation sites is 1. The number of hydrogen-bond acceptors (Lipinski definition) is 3. The predicted octanol–water partition coefficient (Wildman–Crippen LogP) is 3.23. The second-order valence-corrected chi connectivity index (χ2v) is 7.35. The van der Waals surface area contributed by atoms with Gasteiger partial charge in [-0.05, 0) is 48.2 Å². The van der Waals surface area contributed by atoms with Gasteiger partial charge in [0.2, 0.25) is 0 Å². The van der Waals surface area contributed by atoms with Crippen molar-refractivity contribution in [2.75, 3.05) is 10.8 Å². The van der Waals surface area contributed by atoms with Crippen molar-refractivity contribution in [1.82, 2.24) is 0 Å². The van der Waals surface area contributed by atoms with Gasteiger partial charge in [0, 0.05) is 0 Å². The number of benzene rings is 2. The number of halogens is 1. The smallest absolute Gasteiger partial charge is 0.324 e. The highest BCUT2D eigenvalue weighted by atomic mass is 32.2. The first-order chi connectivity index (χ1) is 11.8. The van der Waals surface area contributed by atoms with Gasteiger partial charge in [-0.1, -0.05) is 32.0 Å². The van der Waals surface area contributed by atoms with Crippen molar-refractivity contribution in [2.45, 2.75) is 31.6 Å². The van der Waals surface area contributed by atoms with E-state index in [0.717, 1.165) is 39.7 Å². The number of anilines is 1. The second-order valence-electron chi connectivity index (χ2n) is 5.49. The van der Waals surface area contributed by atoms with Crippen molar-refractivity contribution in [1.29, 1.82) is 0 Å². The summed E-state index contributed by atoms with van der Waals surface area (Å²) >= 11 is 0. The van der Waals surface area contributed by atoms with Crippen LogP contribution in [0, 0.1) is 5.82 Å². The Labute approximate surface area is 146 Å². The maximum absolute atomic E-state index is 13.1. The van der Waals surface area contributed by atoms with Crippen molar-refractivity contribution < 1.29 is 22.7 Å². The molecule has 0 heterocycles.